The maximum Gasteiger partial charge on any atom is 0.121 e. The van der Waals surface area contributed by atoms with E-state index in [1.165, 1.54) is 0 Å². The fraction of sp³-hybridized carbons (Fsp3) is 0.235. The van der Waals surface area contributed by atoms with Gasteiger partial charge in [-0.3, -0.25) is 5.32 Å². The molecule has 1 N–H and O–H groups in total. The molecule has 0 radical (unpaired) electrons. The van der Waals surface area contributed by atoms with Gasteiger partial charge < -0.3 is 9.47 Å². The SMILES string of the molecule is COc1ccc(CNC(C#N)c2ccc(OC)cc2)cc1. The summed E-state index contributed by atoms with van der Waals surface area (Å²) in [6, 6.07) is 17.2. The minimum absolute atomic E-state index is 0.349. The molecule has 2 aromatic rings. The van der Waals surface area contributed by atoms with Crippen molar-refractivity contribution >= 4 is 0 Å². The van der Waals surface area contributed by atoms with Crippen LogP contribution in [0.15, 0.2) is 48.5 Å². The zero-order chi connectivity index (χ0) is 15.1. The van der Waals surface area contributed by atoms with Crippen molar-refractivity contribution in [1.82, 2.24) is 5.32 Å². The van der Waals surface area contributed by atoms with Crippen LogP contribution < -0.4 is 14.8 Å². The van der Waals surface area contributed by atoms with Crippen LogP contribution in [0.25, 0.3) is 0 Å². The highest BCUT2D eigenvalue weighted by Gasteiger charge is 2.09. The molecule has 0 spiro atoms. The highest BCUT2D eigenvalue weighted by Crippen LogP contribution is 2.18. The number of nitrogens with one attached hydrogen (secondary N) is 1. The summed E-state index contributed by atoms with van der Waals surface area (Å²) in [6.45, 7) is 0.619. The first-order valence-electron chi connectivity index (χ1n) is 6.66. The van der Waals surface area contributed by atoms with E-state index in [1.807, 2.05) is 48.5 Å². The van der Waals surface area contributed by atoms with E-state index in [-0.39, 0.29) is 6.04 Å². The van der Waals surface area contributed by atoms with E-state index < -0.39 is 0 Å². The van der Waals surface area contributed by atoms with Gasteiger partial charge in [0.05, 0.1) is 20.3 Å². The van der Waals surface area contributed by atoms with Crippen molar-refractivity contribution in [2.24, 2.45) is 0 Å². The topological polar surface area (TPSA) is 54.3 Å². The van der Waals surface area contributed by atoms with Gasteiger partial charge in [0.15, 0.2) is 0 Å². The van der Waals surface area contributed by atoms with Crippen molar-refractivity contribution in [1.29, 1.82) is 5.26 Å². The van der Waals surface area contributed by atoms with Gasteiger partial charge in [0.2, 0.25) is 0 Å². The van der Waals surface area contributed by atoms with E-state index in [0.717, 1.165) is 22.6 Å². The Morgan fingerprint density at radius 1 is 0.952 bits per heavy atom. The number of methoxy groups -OCH3 is 2. The molecule has 1 unspecified atom stereocenters. The van der Waals surface area contributed by atoms with Gasteiger partial charge in [-0.2, -0.15) is 5.26 Å². The molecule has 0 saturated carbocycles. The van der Waals surface area contributed by atoms with E-state index >= 15 is 0 Å². The maximum absolute atomic E-state index is 9.30. The van der Waals surface area contributed by atoms with Crippen molar-refractivity contribution < 1.29 is 9.47 Å². The summed E-state index contributed by atoms with van der Waals surface area (Å²) in [5.74, 6) is 1.61. The van der Waals surface area contributed by atoms with Gasteiger partial charge in [0.25, 0.3) is 0 Å². The zero-order valence-electron chi connectivity index (χ0n) is 12.2. The Hall–Kier alpha value is -2.51. The lowest BCUT2D eigenvalue weighted by atomic mass is 10.1. The van der Waals surface area contributed by atoms with Crippen LogP contribution in [0.3, 0.4) is 0 Å². The number of benzene rings is 2. The molecule has 0 heterocycles. The van der Waals surface area contributed by atoms with Crippen LogP contribution in [0, 0.1) is 11.3 Å². The number of nitrogens with zero attached hydrogens (tertiary/aromatic N) is 1. The molecule has 0 aliphatic rings. The normalized spacial score (nSPS) is 11.5. The van der Waals surface area contributed by atoms with E-state index in [2.05, 4.69) is 11.4 Å². The van der Waals surface area contributed by atoms with Gasteiger partial charge in [-0.1, -0.05) is 24.3 Å². The van der Waals surface area contributed by atoms with Crippen LogP contribution >= 0.6 is 0 Å². The van der Waals surface area contributed by atoms with Crippen molar-refractivity contribution in [2.75, 3.05) is 14.2 Å². The third-order valence-corrected chi connectivity index (χ3v) is 3.25. The molecule has 21 heavy (non-hydrogen) atoms. The summed E-state index contributed by atoms with van der Waals surface area (Å²) in [6.07, 6.45) is 0. The zero-order valence-corrected chi connectivity index (χ0v) is 12.2. The van der Waals surface area contributed by atoms with E-state index in [4.69, 9.17) is 9.47 Å². The largest absolute Gasteiger partial charge is 0.497 e. The molecule has 4 nitrogen and oxygen atoms in total. The molecule has 2 aromatic carbocycles. The van der Waals surface area contributed by atoms with Crippen LogP contribution in [0.5, 0.6) is 11.5 Å². The minimum Gasteiger partial charge on any atom is -0.497 e. The van der Waals surface area contributed by atoms with Gasteiger partial charge in [-0.05, 0) is 35.4 Å². The molecule has 0 aliphatic carbocycles. The Balaban J connectivity index is 1.99. The fourth-order valence-corrected chi connectivity index (χ4v) is 2.00. The quantitative estimate of drug-likeness (QED) is 0.884. The lowest BCUT2D eigenvalue weighted by Gasteiger charge is -2.12. The molecule has 0 bridgehead atoms. The fourth-order valence-electron chi connectivity index (χ4n) is 2.00. The van der Waals surface area contributed by atoms with Gasteiger partial charge in [0, 0.05) is 6.54 Å². The highest BCUT2D eigenvalue weighted by atomic mass is 16.5. The summed E-state index contributed by atoms with van der Waals surface area (Å²) >= 11 is 0. The standard InChI is InChI=1S/C17H18N2O2/c1-20-15-7-3-13(4-8-15)12-19-17(11-18)14-5-9-16(21-2)10-6-14/h3-10,17,19H,12H2,1-2H3. The van der Waals surface area contributed by atoms with Crippen molar-refractivity contribution in [3.8, 4) is 17.6 Å². The summed E-state index contributed by atoms with van der Waals surface area (Å²) in [5, 5.41) is 12.5. The van der Waals surface area contributed by atoms with E-state index in [0.29, 0.717) is 6.54 Å². The number of hydrogen-bond acceptors (Lipinski definition) is 4. The van der Waals surface area contributed by atoms with E-state index in [1.54, 1.807) is 14.2 Å². The van der Waals surface area contributed by atoms with Crippen LogP contribution in [-0.4, -0.2) is 14.2 Å². The first kappa shape index (κ1) is 14.9. The Kier molecular flexibility index (Phi) is 5.19. The van der Waals surface area contributed by atoms with Crippen LogP contribution in [0.2, 0.25) is 0 Å². The van der Waals surface area contributed by atoms with Crippen molar-refractivity contribution in [3.63, 3.8) is 0 Å². The van der Waals surface area contributed by atoms with E-state index in [9.17, 15) is 5.26 Å². The third-order valence-electron chi connectivity index (χ3n) is 3.25. The second kappa shape index (κ2) is 7.32. The second-order valence-electron chi connectivity index (χ2n) is 4.56. The summed E-state index contributed by atoms with van der Waals surface area (Å²) in [7, 11) is 3.27. The molecule has 2 rings (SSSR count). The van der Waals surface area contributed by atoms with Crippen molar-refractivity contribution in [3.05, 3.63) is 59.7 Å². The third kappa shape index (κ3) is 3.98. The monoisotopic (exact) mass is 282 g/mol. The Morgan fingerprint density at radius 2 is 1.48 bits per heavy atom. The molecule has 0 fully saturated rings. The van der Waals surface area contributed by atoms with Crippen molar-refractivity contribution in [2.45, 2.75) is 12.6 Å². The summed E-state index contributed by atoms with van der Waals surface area (Å²) in [5.41, 5.74) is 2.02. The Bertz CT molecular complexity index is 600. The van der Waals surface area contributed by atoms with Crippen LogP contribution in [0.1, 0.15) is 17.2 Å². The lowest BCUT2D eigenvalue weighted by Crippen LogP contribution is -2.19. The Morgan fingerprint density at radius 3 is 1.95 bits per heavy atom. The predicted molar refractivity (Wildman–Crippen MR) is 81.2 cm³/mol. The molecule has 4 heteroatoms. The van der Waals surface area contributed by atoms with Gasteiger partial charge in [-0.25, -0.2) is 0 Å². The first-order chi connectivity index (χ1) is 10.3. The average molecular weight is 282 g/mol. The number of nitriles is 1. The highest BCUT2D eigenvalue weighted by molar-refractivity contribution is 5.32. The number of hydrogen-bond donors (Lipinski definition) is 1. The molecular weight excluding hydrogens is 264 g/mol. The molecule has 0 amide bonds. The predicted octanol–water partition coefficient (Wildman–Crippen LogP) is 3.06. The number of ether oxygens (including phenoxy) is 2. The van der Waals surface area contributed by atoms with Crippen LogP contribution in [0.4, 0.5) is 0 Å². The minimum atomic E-state index is -0.349. The summed E-state index contributed by atoms with van der Waals surface area (Å²) in [4.78, 5) is 0. The average Bonchev–Trinajstić information content (AvgIpc) is 2.56. The number of rotatable bonds is 6. The Labute approximate surface area is 124 Å². The molecule has 0 aromatic heterocycles. The summed E-state index contributed by atoms with van der Waals surface area (Å²) < 4.78 is 10.2. The van der Waals surface area contributed by atoms with Gasteiger partial charge in [-0.15, -0.1) is 0 Å². The molecule has 0 aliphatic heterocycles. The van der Waals surface area contributed by atoms with Gasteiger partial charge in [0.1, 0.15) is 17.5 Å². The molecular formula is C17H18N2O2. The lowest BCUT2D eigenvalue weighted by molar-refractivity contribution is 0.414. The molecule has 0 saturated heterocycles. The van der Waals surface area contributed by atoms with Gasteiger partial charge >= 0.3 is 0 Å². The maximum atomic E-state index is 9.30. The smallest absolute Gasteiger partial charge is 0.121 e. The first-order valence-corrected chi connectivity index (χ1v) is 6.66. The molecule has 108 valence electrons. The molecule has 1 atom stereocenters. The van der Waals surface area contributed by atoms with Crippen LogP contribution in [-0.2, 0) is 6.54 Å². The second-order valence-corrected chi connectivity index (χ2v) is 4.56.